The third-order valence-electron chi connectivity index (χ3n) is 2.86. The van der Waals surface area contributed by atoms with Gasteiger partial charge in [0.1, 0.15) is 0 Å². The Hall–Kier alpha value is -0.830. The number of carboxylic acid groups (broad SMARTS) is 1. The maximum Gasteiger partial charge on any atom is 0.309 e. The van der Waals surface area contributed by atoms with Gasteiger partial charge in [0.25, 0.3) is 0 Å². The van der Waals surface area contributed by atoms with E-state index in [0.717, 1.165) is 16.5 Å². The van der Waals surface area contributed by atoms with Crippen molar-refractivity contribution in [2.75, 3.05) is 0 Å². The van der Waals surface area contributed by atoms with Gasteiger partial charge in [-0.2, -0.15) is 0 Å². The number of halogens is 1. The lowest BCUT2D eigenvalue weighted by Gasteiger charge is -2.24. The molecule has 0 aliphatic rings. The molecule has 0 heterocycles. The lowest BCUT2D eigenvalue weighted by atomic mass is 9.80. The topological polar surface area (TPSA) is 37.3 Å². The van der Waals surface area contributed by atoms with Crippen molar-refractivity contribution in [3.63, 3.8) is 0 Å². The molecule has 1 unspecified atom stereocenters. The summed E-state index contributed by atoms with van der Waals surface area (Å²) in [4.78, 5) is 11.3. The van der Waals surface area contributed by atoms with Crippen molar-refractivity contribution in [2.24, 2.45) is 5.41 Å². The molecule has 0 saturated carbocycles. The SMILES string of the molecule is CCCC(C)(Cc1ccccc1Br)C(=O)O. The Morgan fingerprint density at radius 3 is 2.56 bits per heavy atom. The number of carbonyl (C=O) groups is 1. The number of hydrogen-bond donors (Lipinski definition) is 1. The second kappa shape index (κ2) is 5.48. The Bertz CT molecular complexity index is 376. The summed E-state index contributed by atoms with van der Waals surface area (Å²) in [5.74, 6) is -0.717. The summed E-state index contributed by atoms with van der Waals surface area (Å²) in [6.07, 6.45) is 2.15. The predicted molar refractivity (Wildman–Crippen MR) is 68.5 cm³/mol. The summed E-state index contributed by atoms with van der Waals surface area (Å²) in [5.41, 5.74) is 0.388. The fraction of sp³-hybridized carbons (Fsp3) is 0.462. The highest BCUT2D eigenvalue weighted by Crippen LogP contribution is 2.31. The van der Waals surface area contributed by atoms with Gasteiger partial charge in [0.05, 0.1) is 5.41 Å². The van der Waals surface area contributed by atoms with Gasteiger partial charge in [-0.05, 0) is 31.4 Å². The number of rotatable bonds is 5. The third kappa shape index (κ3) is 3.08. The van der Waals surface area contributed by atoms with Crippen LogP contribution in [0.25, 0.3) is 0 Å². The van der Waals surface area contributed by atoms with Gasteiger partial charge in [-0.3, -0.25) is 4.79 Å². The van der Waals surface area contributed by atoms with Crippen molar-refractivity contribution in [3.05, 3.63) is 34.3 Å². The second-order valence-corrected chi connectivity index (χ2v) is 5.24. The van der Waals surface area contributed by atoms with E-state index in [0.29, 0.717) is 12.8 Å². The van der Waals surface area contributed by atoms with Crippen LogP contribution in [-0.2, 0) is 11.2 Å². The number of hydrogen-bond acceptors (Lipinski definition) is 1. The van der Waals surface area contributed by atoms with E-state index >= 15 is 0 Å². The lowest BCUT2D eigenvalue weighted by molar-refractivity contribution is -0.148. The summed E-state index contributed by atoms with van der Waals surface area (Å²) in [6, 6.07) is 7.80. The zero-order valence-electron chi connectivity index (χ0n) is 9.66. The van der Waals surface area contributed by atoms with Crippen LogP contribution in [0.5, 0.6) is 0 Å². The second-order valence-electron chi connectivity index (χ2n) is 4.38. The molecule has 0 radical (unpaired) electrons. The van der Waals surface area contributed by atoms with Crippen LogP contribution in [0.15, 0.2) is 28.7 Å². The molecular weight excluding hydrogens is 268 g/mol. The van der Waals surface area contributed by atoms with E-state index in [-0.39, 0.29) is 0 Å². The van der Waals surface area contributed by atoms with Gasteiger partial charge in [0, 0.05) is 4.47 Å². The summed E-state index contributed by atoms with van der Waals surface area (Å²) in [6.45, 7) is 3.83. The van der Waals surface area contributed by atoms with E-state index in [1.807, 2.05) is 38.1 Å². The molecule has 0 aliphatic carbocycles. The molecule has 88 valence electrons. The van der Waals surface area contributed by atoms with E-state index in [2.05, 4.69) is 15.9 Å². The average Bonchev–Trinajstić information content (AvgIpc) is 2.21. The molecular formula is C13H17BrO2. The summed E-state index contributed by atoms with van der Waals surface area (Å²) in [5, 5.41) is 9.30. The number of carboxylic acids is 1. The van der Waals surface area contributed by atoms with Gasteiger partial charge >= 0.3 is 5.97 Å². The molecule has 2 nitrogen and oxygen atoms in total. The summed E-state index contributed by atoms with van der Waals surface area (Å²) in [7, 11) is 0. The first-order valence-corrected chi connectivity index (χ1v) is 6.25. The Kier molecular flexibility index (Phi) is 4.54. The fourth-order valence-electron chi connectivity index (χ4n) is 1.88. The number of aliphatic carboxylic acids is 1. The largest absolute Gasteiger partial charge is 0.481 e. The van der Waals surface area contributed by atoms with Crippen molar-refractivity contribution in [2.45, 2.75) is 33.1 Å². The Labute approximate surface area is 105 Å². The van der Waals surface area contributed by atoms with Crippen molar-refractivity contribution in [1.29, 1.82) is 0 Å². The van der Waals surface area contributed by atoms with Gasteiger partial charge in [-0.25, -0.2) is 0 Å². The monoisotopic (exact) mass is 284 g/mol. The van der Waals surface area contributed by atoms with Crippen LogP contribution in [0, 0.1) is 5.41 Å². The van der Waals surface area contributed by atoms with Crippen LogP contribution in [0.2, 0.25) is 0 Å². The molecule has 16 heavy (non-hydrogen) atoms. The van der Waals surface area contributed by atoms with Crippen molar-refractivity contribution in [3.8, 4) is 0 Å². The first-order valence-electron chi connectivity index (χ1n) is 5.46. The van der Waals surface area contributed by atoms with Gasteiger partial charge < -0.3 is 5.11 Å². The van der Waals surface area contributed by atoms with E-state index in [1.165, 1.54) is 0 Å². The molecule has 1 rings (SSSR count). The van der Waals surface area contributed by atoms with Crippen LogP contribution in [0.4, 0.5) is 0 Å². The summed E-state index contributed by atoms with van der Waals surface area (Å²) >= 11 is 3.46. The van der Waals surface area contributed by atoms with E-state index in [9.17, 15) is 9.90 Å². The highest BCUT2D eigenvalue weighted by molar-refractivity contribution is 9.10. The first-order chi connectivity index (χ1) is 7.49. The molecule has 1 aromatic carbocycles. The zero-order chi connectivity index (χ0) is 12.2. The van der Waals surface area contributed by atoms with Crippen LogP contribution >= 0.6 is 15.9 Å². The van der Waals surface area contributed by atoms with E-state index in [4.69, 9.17) is 0 Å². The smallest absolute Gasteiger partial charge is 0.309 e. The molecule has 0 aromatic heterocycles. The van der Waals surface area contributed by atoms with Crippen LogP contribution in [0.1, 0.15) is 32.3 Å². The lowest BCUT2D eigenvalue weighted by Crippen LogP contribution is -2.30. The molecule has 3 heteroatoms. The molecule has 0 fully saturated rings. The van der Waals surface area contributed by atoms with Gasteiger partial charge in [0.2, 0.25) is 0 Å². The van der Waals surface area contributed by atoms with E-state index < -0.39 is 11.4 Å². The normalized spacial score (nSPS) is 14.4. The van der Waals surface area contributed by atoms with Crippen LogP contribution < -0.4 is 0 Å². The van der Waals surface area contributed by atoms with Gasteiger partial charge in [-0.15, -0.1) is 0 Å². The molecule has 1 N–H and O–H groups in total. The van der Waals surface area contributed by atoms with Gasteiger partial charge in [-0.1, -0.05) is 47.5 Å². The molecule has 1 atom stereocenters. The van der Waals surface area contributed by atoms with Gasteiger partial charge in [0.15, 0.2) is 0 Å². The quantitative estimate of drug-likeness (QED) is 0.891. The Morgan fingerprint density at radius 1 is 1.44 bits per heavy atom. The zero-order valence-corrected chi connectivity index (χ0v) is 11.3. The average molecular weight is 285 g/mol. The molecule has 0 bridgehead atoms. The van der Waals surface area contributed by atoms with Crippen LogP contribution in [-0.4, -0.2) is 11.1 Å². The highest BCUT2D eigenvalue weighted by Gasteiger charge is 2.32. The Morgan fingerprint density at radius 2 is 2.06 bits per heavy atom. The minimum Gasteiger partial charge on any atom is -0.481 e. The standard InChI is InChI=1S/C13H17BrO2/c1-3-8-13(2,12(15)16)9-10-6-4-5-7-11(10)14/h4-7H,3,8-9H2,1-2H3,(H,15,16). The summed E-state index contributed by atoms with van der Waals surface area (Å²) < 4.78 is 0.985. The predicted octanol–water partition coefficient (Wildman–Crippen LogP) is 3.88. The Balaban J connectivity index is 2.92. The maximum absolute atomic E-state index is 11.3. The van der Waals surface area contributed by atoms with Crippen molar-refractivity contribution in [1.82, 2.24) is 0 Å². The highest BCUT2D eigenvalue weighted by atomic mass is 79.9. The van der Waals surface area contributed by atoms with E-state index in [1.54, 1.807) is 0 Å². The van der Waals surface area contributed by atoms with Crippen molar-refractivity contribution >= 4 is 21.9 Å². The molecule has 0 aliphatic heterocycles. The van der Waals surface area contributed by atoms with Crippen LogP contribution in [0.3, 0.4) is 0 Å². The maximum atomic E-state index is 11.3. The molecule has 0 amide bonds. The third-order valence-corrected chi connectivity index (χ3v) is 3.63. The first kappa shape index (κ1) is 13.2. The molecule has 0 spiro atoms. The van der Waals surface area contributed by atoms with Crippen molar-refractivity contribution < 1.29 is 9.90 Å². The minimum atomic E-state index is -0.717. The minimum absolute atomic E-state index is 0.567. The molecule has 0 saturated heterocycles. The fourth-order valence-corrected chi connectivity index (χ4v) is 2.31. The molecule has 1 aromatic rings. The number of benzene rings is 1.